The smallest absolute Gasteiger partial charge is 0.132 e. The van der Waals surface area contributed by atoms with Crippen molar-refractivity contribution in [3.05, 3.63) is 40.8 Å². The summed E-state index contributed by atoms with van der Waals surface area (Å²) in [5.74, 6) is -0.360. The Labute approximate surface area is 109 Å². The van der Waals surface area contributed by atoms with Crippen LogP contribution in [0, 0.1) is 17.1 Å². The second-order valence-corrected chi connectivity index (χ2v) is 4.59. The number of hydrogen-bond acceptors (Lipinski definition) is 4. The molecule has 0 radical (unpaired) electrons. The van der Waals surface area contributed by atoms with E-state index in [9.17, 15) is 4.39 Å². The number of halogens is 1. The lowest BCUT2D eigenvalue weighted by molar-refractivity contribution is 0.629. The summed E-state index contributed by atoms with van der Waals surface area (Å²) in [4.78, 5) is 0.593. The highest BCUT2D eigenvalue weighted by molar-refractivity contribution is 7.10. The maximum atomic E-state index is 14.0. The molecule has 3 nitrogen and oxygen atoms in total. The van der Waals surface area contributed by atoms with Gasteiger partial charge in [0.05, 0.1) is 16.1 Å². The standard InChI is InChI=1S/C13H12FN3S/c1-2-12-10(7-16)13(18-17-12)9-4-3-8(6-15)5-11(9)14/h3-5H,2,6,15H2,1H3. The molecule has 0 spiro atoms. The lowest BCUT2D eigenvalue weighted by Gasteiger charge is -2.03. The molecule has 0 fully saturated rings. The number of benzene rings is 1. The third-order valence-electron chi connectivity index (χ3n) is 2.72. The van der Waals surface area contributed by atoms with Gasteiger partial charge >= 0.3 is 0 Å². The second-order valence-electron chi connectivity index (χ2n) is 3.82. The van der Waals surface area contributed by atoms with Crippen LogP contribution >= 0.6 is 11.5 Å². The lowest BCUT2D eigenvalue weighted by atomic mass is 10.0. The number of hydrogen-bond donors (Lipinski definition) is 1. The van der Waals surface area contributed by atoms with Gasteiger partial charge in [0.15, 0.2) is 0 Å². The number of nitrogens with zero attached hydrogens (tertiary/aromatic N) is 2. The minimum absolute atomic E-state index is 0.297. The maximum Gasteiger partial charge on any atom is 0.132 e. The van der Waals surface area contributed by atoms with Gasteiger partial charge in [-0.2, -0.15) is 9.64 Å². The first-order valence-electron chi connectivity index (χ1n) is 5.58. The second kappa shape index (κ2) is 5.25. The van der Waals surface area contributed by atoms with Crippen molar-refractivity contribution in [2.24, 2.45) is 5.73 Å². The molecule has 0 saturated carbocycles. The lowest BCUT2D eigenvalue weighted by Crippen LogP contribution is -1.97. The van der Waals surface area contributed by atoms with E-state index >= 15 is 0 Å². The van der Waals surface area contributed by atoms with Gasteiger partial charge in [-0.05, 0) is 29.6 Å². The van der Waals surface area contributed by atoms with E-state index in [0.29, 0.717) is 29.0 Å². The molecule has 18 heavy (non-hydrogen) atoms. The average molecular weight is 261 g/mol. The van der Waals surface area contributed by atoms with Crippen LogP contribution in [0.4, 0.5) is 4.39 Å². The van der Waals surface area contributed by atoms with Gasteiger partial charge < -0.3 is 5.73 Å². The first kappa shape index (κ1) is 12.7. The third-order valence-corrected chi connectivity index (χ3v) is 3.64. The quantitative estimate of drug-likeness (QED) is 0.924. The zero-order chi connectivity index (χ0) is 13.1. The summed E-state index contributed by atoms with van der Waals surface area (Å²) in [6.07, 6.45) is 0.669. The van der Waals surface area contributed by atoms with E-state index in [1.165, 1.54) is 6.07 Å². The van der Waals surface area contributed by atoms with E-state index in [-0.39, 0.29) is 5.82 Å². The molecule has 0 aliphatic rings. The van der Waals surface area contributed by atoms with Crippen LogP contribution in [0.2, 0.25) is 0 Å². The van der Waals surface area contributed by atoms with Gasteiger partial charge in [-0.15, -0.1) is 0 Å². The normalized spacial score (nSPS) is 10.3. The molecule has 92 valence electrons. The van der Waals surface area contributed by atoms with E-state index in [2.05, 4.69) is 10.4 Å². The van der Waals surface area contributed by atoms with E-state index in [4.69, 9.17) is 11.0 Å². The SMILES string of the molecule is CCc1nsc(-c2ccc(CN)cc2F)c1C#N. The topological polar surface area (TPSA) is 62.7 Å². The van der Waals surface area contributed by atoms with E-state index in [0.717, 1.165) is 22.8 Å². The predicted molar refractivity (Wildman–Crippen MR) is 69.5 cm³/mol. The highest BCUT2D eigenvalue weighted by Gasteiger charge is 2.16. The molecule has 0 atom stereocenters. The fourth-order valence-electron chi connectivity index (χ4n) is 1.73. The van der Waals surface area contributed by atoms with Crippen molar-refractivity contribution >= 4 is 11.5 Å². The fraction of sp³-hybridized carbons (Fsp3) is 0.231. The number of rotatable bonds is 3. The summed E-state index contributed by atoms with van der Waals surface area (Å²) >= 11 is 1.16. The Morgan fingerprint density at radius 2 is 2.28 bits per heavy atom. The van der Waals surface area contributed by atoms with Gasteiger partial charge in [0.1, 0.15) is 11.9 Å². The molecule has 2 aromatic rings. The van der Waals surface area contributed by atoms with Gasteiger partial charge in [0.25, 0.3) is 0 Å². The molecular formula is C13H12FN3S. The molecule has 0 saturated heterocycles. The molecule has 2 N–H and O–H groups in total. The molecule has 0 bridgehead atoms. The summed E-state index contributed by atoms with van der Waals surface area (Å²) < 4.78 is 18.2. The first-order valence-corrected chi connectivity index (χ1v) is 6.36. The van der Waals surface area contributed by atoms with Crippen LogP contribution < -0.4 is 5.73 Å². The Balaban J connectivity index is 2.56. The number of nitriles is 1. The molecular weight excluding hydrogens is 249 g/mol. The van der Waals surface area contributed by atoms with Crippen molar-refractivity contribution in [1.29, 1.82) is 5.26 Å². The van der Waals surface area contributed by atoms with Crippen molar-refractivity contribution in [3.8, 4) is 16.5 Å². The minimum atomic E-state index is -0.360. The Bertz CT molecular complexity index is 613. The van der Waals surface area contributed by atoms with E-state index in [1.807, 2.05) is 6.92 Å². The summed E-state index contributed by atoms with van der Waals surface area (Å²) in [6, 6.07) is 6.94. The molecule has 0 aliphatic carbocycles. The summed E-state index contributed by atoms with van der Waals surface area (Å²) in [5.41, 5.74) is 7.81. The zero-order valence-electron chi connectivity index (χ0n) is 9.90. The number of nitrogens with two attached hydrogens (primary N) is 1. The Kier molecular flexibility index (Phi) is 3.70. The van der Waals surface area contributed by atoms with Gasteiger partial charge in [-0.3, -0.25) is 0 Å². The van der Waals surface area contributed by atoms with Gasteiger partial charge in [-0.1, -0.05) is 19.1 Å². The highest BCUT2D eigenvalue weighted by Crippen LogP contribution is 2.32. The van der Waals surface area contributed by atoms with Gasteiger partial charge in [0, 0.05) is 12.1 Å². The molecule has 0 amide bonds. The van der Waals surface area contributed by atoms with E-state index < -0.39 is 0 Å². The van der Waals surface area contributed by atoms with Crippen molar-refractivity contribution < 1.29 is 4.39 Å². The predicted octanol–water partition coefficient (Wildman–Crippen LogP) is 2.84. The molecule has 0 aliphatic heterocycles. The highest BCUT2D eigenvalue weighted by atomic mass is 32.1. The van der Waals surface area contributed by atoms with Gasteiger partial charge in [-0.25, -0.2) is 4.39 Å². The fourth-order valence-corrected chi connectivity index (χ4v) is 2.67. The van der Waals surface area contributed by atoms with Crippen molar-refractivity contribution in [2.45, 2.75) is 19.9 Å². The molecule has 0 unspecified atom stereocenters. The average Bonchev–Trinajstić information content (AvgIpc) is 2.81. The molecule has 1 aromatic carbocycles. The monoisotopic (exact) mass is 261 g/mol. The van der Waals surface area contributed by atoms with Crippen LogP contribution in [-0.2, 0) is 13.0 Å². The summed E-state index contributed by atoms with van der Waals surface area (Å²) in [6.45, 7) is 2.22. The summed E-state index contributed by atoms with van der Waals surface area (Å²) in [7, 11) is 0. The van der Waals surface area contributed by atoms with Crippen LogP contribution in [0.3, 0.4) is 0 Å². The maximum absolute atomic E-state index is 14.0. The summed E-state index contributed by atoms with van der Waals surface area (Å²) in [5, 5.41) is 9.15. The van der Waals surface area contributed by atoms with Crippen LogP contribution in [0.1, 0.15) is 23.7 Å². The van der Waals surface area contributed by atoms with Crippen molar-refractivity contribution in [1.82, 2.24) is 4.37 Å². The molecule has 1 heterocycles. The van der Waals surface area contributed by atoms with Gasteiger partial charge in [0.2, 0.25) is 0 Å². The first-order chi connectivity index (χ1) is 8.71. The Morgan fingerprint density at radius 3 is 2.83 bits per heavy atom. The Morgan fingerprint density at radius 1 is 1.50 bits per heavy atom. The minimum Gasteiger partial charge on any atom is -0.326 e. The number of aryl methyl sites for hydroxylation is 1. The van der Waals surface area contributed by atoms with Crippen molar-refractivity contribution in [3.63, 3.8) is 0 Å². The number of aromatic nitrogens is 1. The zero-order valence-corrected chi connectivity index (χ0v) is 10.7. The van der Waals surface area contributed by atoms with Crippen LogP contribution in [0.5, 0.6) is 0 Å². The van der Waals surface area contributed by atoms with Crippen LogP contribution in [0.25, 0.3) is 10.4 Å². The Hall–Kier alpha value is -1.77. The van der Waals surface area contributed by atoms with Crippen LogP contribution in [0.15, 0.2) is 18.2 Å². The molecule has 1 aromatic heterocycles. The third kappa shape index (κ3) is 2.13. The molecule has 5 heteroatoms. The van der Waals surface area contributed by atoms with E-state index in [1.54, 1.807) is 12.1 Å². The largest absolute Gasteiger partial charge is 0.326 e. The van der Waals surface area contributed by atoms with Crippen LogP contribution in [-0.4, -0.2) is 4.37 Å². The molecule has 2 rings (SSSR count). The van der Waals surface area contributed by atoms with Crippen molar-refractivity contribution in [2.75, 3.05) is 0 Å².